The Kier molecular flexibility index (Phi) is 11.7. The molecule has 0 aromatic heterocycles. The minimum absolute atomic E-state index is 0.150. The summed E-state index contributed by atoms with van der Waals surface area (Å²) in [6, 6.07) is 10.5. The van der Waals surface area contributed by atoms with Gasteiger partial charge >= 0.3 is 11.9 Å². The zero-order chi connectivity index (χ0) is 30.0. The largest absolute Gasteiger partial charge is 0.481 e. The summed E-state index contributed by atoms with van der Waals surface area (Å²) in [6.07, 6.45) is -0.593. The summed E-state index contributed by atoms with van der Waals surface area (Å²) in [5.74, 6) is -0.682. The van der Waals surface area contributed by atoms with Crippen LogP contribution in [0, 0.1) is 0 Å². The van der Waals surface area contributed by atoms with Crippen LogP contribution in [0.15, 0.2) is 46.4 Å². The fourth-order valence-electron chi connectivity index (χ4n) is 4.36. The number of carbonyl (C=O) groups is 4. The lowest BCUT2D eigenvalue weighted by atomic mass is 9.83. The van der Waals surface area contributed by atoms with Crippen LogP contribution in [0.1, 0.15) is 86.2 Å². The highest BCUT2D eigenvalue weighted by Gasteiger charge is 2.30. The molecule has 0 amide bonds. The third-order valence-electron chi connectivity index (χ3n) is 6.56. The van der Waals surface area contributed by atoms with Crippen molar-refractivity contribution in [2.45, 2.75) is 54.4 Å². The van der Waals surface area contributed by atoms with Gasteiger partial charge in [0.2, 0.25) is 0 Å². The summed E-state index contributed by atoms with van der Waals surface area (Å²) in [6.45, 7) is 15.7. The second-order valence-electron chi connectivity index (χ2n) is 9.07. The predicted octanol–water partition coefficient (Wildman–Crippen LogP) is 5.18. The van der Waals surface area contributed by atoms with Crippen molar-refractivity contribution in [3.63, 3.8) is 0 Å². The Labute approximate surface area is 235 Å². The van der Waals surface area contributed by atoms with E-state index in [4.69, 9.17) is 10.2 Å². The third-order valence-corrected chi connectivity index (χ3v) is 6.56. The zero-order valence-corrected chi connectivity index (χ0v) is 24.0. The van der Waals surface area contributed by atoms with E-state index in [1.165, 1.54) is 0 Å². The lowest BCUT2D eigenvalue weighted by Gasteiger charge is -2.21. The minimum atomic E-state index is -1.08. The number of benzene rings is 2. The molecule has 0 radical (unpaired) electrons. The summed E-state index contributed by atoms with van der Waals surface area (Å²) < 4.78 is 0. The Morgan fingerprint density at radius 1 is 0.625 bits per heavy atom. The van der Waals surface area contributed by atoms with Crippen molar-refractivity contribution in [2.24, 2.45) is 9.98 Å². The van der Waals surface area contributed by atoms with Crippen molar-refractivity contribution in [1.82, 2.24) is 9.80 Å². The van der Waals surface area contributed by atoms with Gasteiger partial charge in [-0.2, -0.15) is 0 Å². The van der Waals surface area contributed by atoms with Crippen LogP contribution in [-0.2, 0) is 9.59 Å². The molecule has 2 N–H and O–H groups in total. The van der Waals surface area contributed by atoms with Crippen molar-refractivity contribution >= 4 is 46.6 Å². The Morgan fingerprint density at radius 3 is 1.23 bits per heavy atom. The lowest BCUT2D eigenvalue weighted by molar-refractivity contribution is -0.143. The highest BCUT2D eigenvalue weighted by atomic mass is 16.4. The van der Waals surface area contributed by atoms with E-state index in [1.54, 1.807) is 36.4 Å². The molecule has 214 valence electrons. The van der Waals surface area contributed by atoms with E-state index in [-0.39, 0.29) is 24.4 Å². The van der Waals surface area contributed by atoms with Crippen LogP contribution in [0.2, 0.25) is 0 Å². The molecule has 0 bridgehead atoms. The second kappa shape index (κ2) is 14.7. The standard InChI is InChI=1S/C26H32N4O2.C4H6O4/c1-7-29(8-2)17(5)27-19-11-13-21-23(15-19)25(31)22-14-12-20(16-24(22)26(21)32)28-18(6)30(9-3)10-4;5-3(6)1-2-4(7)8/h11-16H,7-10H2,1-6H3;1-2H2,(H,5,6)(H,7,8). The van der Waals surface area contributed by atoms with Crippen molar-refractivity contribution in [2.75, 3.05) is 26.2 Å². The van der Waals surface area contributed by atoms with E-state index < -0.39 is 11.9 Å². The first-order chi connectivity index (χ1) is 19.0. The number of ketones is 2. The molecule has 0 unspecified atom stereocenters. The second-order valence-corrected chi connectivity index (χ2v) is 9.07. The molecule has 2 aromatic rings. The molecule has 40 heavy (non-hydrogen) atoms. The molecule has 10 heteroatoms. The molecule has 2 aromatic carbocycles. The van der Waals surface area contributed by atoms with E-state index >= 15 is 0 Å². The Hall–Kier alpha value is -4.34. The van der Waals surface area contributed by atoms with Crippen molar-refractivity contribution in [3.8, 4) is 0 Å². The highest BCUT2D eigenvalue weighted by molar-refractivity contribution is 6.28. The van der Waals surface area contributed by atoms with Gasteiger partial charge in [-0.25, -0.2) is 9.98 Å². The molecule has 1 aliphatic carbocycles. The van der Waals surface area contributed by atoms with Crippen LogP contribution >= 0.6 is 0 Å². The summed E-state index contributed by atoms with van der Waals surface area (Å²) in [5.41, 5.74) is 3.01. The molecule has 0 saturated heterocycles. The van der Waals surface area contributed by atoms with Gasteiger partial charge in [-0.1, -0.05) is 0 Å². The number of hydrogen-bond donors (Lipinski definition) is 2. The van der Waals surface area contributed by atoms with E-state index in [1.807, 2.05) is 13.8 Å². The van der Waals surface area contributed by atoms with Crippen LogP contribution in [0.25, 0.3) is 0 Å². The molecular formula is C30H38N4O6. The summed E-state index contributed by atoms with van der Waals surface area (Å²) >= 11 is 0. The molecule has 1 aliphatic rings. The number of aliphatic carboxylic acids is 2. The van der Waals surface area contributed by atoms with Gasteiger partial charge in [0, 0.05) is 48.4 Å². The SMILES string of the molecule is CCN(CC)C(C)=Nc1ccc2c(c1)C(=O)c1ccc(N=C(C)N(CC)CC)cc1C2=O.O=C(O)CCC(=O)O. The summed E-state index contributed by atoms with van der Waals surface area (Å²) in [4.78, 5) is 59.3. The normalized spacial score (nSPS) is 12.7. The first kappa shape index (κ1) is 31.9. The maximum atomic E-state index is 13.2. The average Bonchev–Trinajstić information content (AvgIpc) is 2.92. The number of amidine groups is 2. The van der Waals surface area contributed by atoms with Crippen molar-refractivity contribution < 1.29 is 29.4 Å². The van der Waals surface area contributed by atoms with Crippen LogP contribution < -0.4 is 0 Å². The zero-order valence-electron chi connectivity index (χ0n) is 24.0. The van der Waals surface area contributed by atoms with Crippen LogP contribution in [0.3, 0.4) is 0 Å². The molecule has 0 saturated carbocycles. The predicted molar refractivity (Wildman–Crippen MR) is 156 cm³/mol. The molecule has 10 nitrogen and oxygen atoms in total. The molecule has 0 spiro atoms. The van der Waals surface area contributed by atoms with E-state index in [2.05, 4.69) is 47.5 Å². The monoisotopic (exact) mass is 550 g/mol. The number of fused-ring (bicyclic) bond motifs is 2. The highest BCUT2D eigenvalue weighted by Crippen LogP contribution is 2.32. The van der Waals surface area contributed by atoms with Gasteiger partial charge in [0.15, 0.2) is 11.6 Å². The van der Waals surface area contributed by atoms with Gasteiger partial charge in [-0.05, 0) is 77.9 Å². The maximum Gasteiger partial charge on any atom is 0.303 e. The molecule has 0 atom stereocenters. The number of aliphatic imine (C=N–C) groups is 2. The first-order valence-corrected chi connectivity index (χ1v) is 13.4. The maximum absolute atomic E-state index is 13.2. The van der Waals surface area contributed by atoms with Gasteiger partial charge in [0.05, 0.1) is 24.2 Å². The number of rotatable bonds is 9. The van der Waals surface area contributed by atoms with Crippen LogP contribution in [0.5, 0.6) is 0 Å². The van der Waals surface area contributed by atoms with Gasteiger partial charge in [-0.15, -0.1) is 0 Å². The summed E-state index contributed by atoms with van der Waals surface area (Å²) in [5, 5.41) is 15.8. The fourth-order valence-corrected chi connectivity index (χ4v) is 4.36. The van der Waals surface area contributed by atoms with E-state index in [0.717, 1.165) is 37.9 Å². The smallest absolute Gasteiger partial charge is 0.303 e. The van der Waals surface area contributed by atoms with Gasteiger partial charge < -0.3 is 20.0 Å². The van der Waals surface area contributed by atoms with E-state index in [0.29, 0.717) is 33.6 Å². The quantitative estimate of drug-likeness (QED) is 0.274. The van der Waals surface area contributed by atoms with Crippen LogP contribution in [-0.4, -0.2) is 81.4 Å². The number of carboxylic acid groups (broad SMARTS) is 2. The van der Waals surface area contributed by atoms with E-state index in [9.17, 15) is 19.2 Å². The Morgan fingerprint density at radius 2 is 0.950 bits per heavy atom. The van der Waals surface area contributed by atoms with Crippen LogP contribution in [0.4, 0.5) is 11.4 Å². The fraction of sp³-hybridized carbons (Fsp3) is 0.400. The average molecular weight is 551 g/mol. The van der Waals surface area contributed by atoms with Gasteiger partial charge in [0.1, 0.15) is 11.7 Å². The topological polar surface area (TPSA) is 140 Å². The molecule has 0 fully saturated rings. The first-order valence-electron chi connectivity index (χ1n) is 13.4. The number of carbonyl (C=O) groups excluding carboxylic acids is 2. The van der Waals surface area contributed by atoms with Gasteiger partial charge in [0.25, 0.3) is 0 Å². The van der Waals surface area contributed by atoms with Gasteiger partial charge in [-0.3, -0.25) is 19.2 Å². The number of hydrogen-bond acceptors (Lipinski definition) is 6. The Balaban J connectivity index is 0.000000611. The number of nitrogens with zero attached hydrogens (tertiary/aromatic N) is 4. The number of carboxylic acids is 2. The van der Waals surface area contributed by atoms with Crippen molar-refractivity contribution in [1.29, 1.82) is 0 Å². The van der Waals surface area contributed by atoms with Crippen molar-refractivity contribution in [3.05, 3.63) is 58.7 Å². The molecule has 0 aliphatic heterocycles. The molecule has 3 rings (SSSR count). The molecular weight excluding hydrogens is 512 g/mol. The minimum Gasteiger partial charge on any atom is -0.481 e. The summed E-state index contributed by atoms with van der Waals surface area (Å²) in [7, 11) is 0. The third kappa shape index (κ3) is 8.08. The lowest BCUT2D eigenvalue weighted by Crippen LogP contribution is -2.28. The Bertz CT molecular complexity index is 1220. The molecule has 0 heterocycles.